The summed E-state index contributed by atoms with van der Waals surface area (Å²) in [5, 5.41) is 0. The fourth-order valence-corrected chi connectivity index (χ4v) is 3.95. The second-order valence-corrected chi connectivity index (χ2v) is 7.49. The molecule has 21 heavy (non-hydrogen) atoms. The molecule has 6 heteroatoms. The molecule has 0 radical (unpaired) electrons. The summed E-state index contributed by atoms with van der Waals surface area (Å²) in [7, 11) is 1.94. The molecule has 0 aliphatic carbocycles. The van der Waals surface area contributed by atoms with Crippen LogP contribution in [0.25, 0.3) is 0 Å². The lowest BCUT2D eigenvalue weighted by Gasteiger charge is -2.23. The Balaban J connectivity index is 1.75. The topological polar surface area (TPSA) is 40.6 Å². The van der Waals surface area contributed by atoms with Crippen LogP contribution < -0.4 is 4.90 Å². The number of thiophene rings is 1. The monoisotopic (exact) mass is 364 g/mol. The van der Waals surface area contributed by atoms with Crippen molar-refractivity contribution in [2.45, 2.75) is 6.54 Å². The zero-order valence-electron chi connectivity index (χ0n) is 11.4. The van der Waals surface area contributed by atoms with Crippen LogP contribution in [0.1, 0.15) is 15.2 Å². The number of carbonyl (C=O) groups is 2. The van der Waals surface area contributed by atoms with Gasteiger partial charge in [0.05, 0.1) is 21.7 Å². The van der Waals surface area contributed by atoms with Gasteiger partial charge in [0, 0.05) is 11.4 Å². The number of Topliss-reactive ketones (excluding diaryl/α,β-unsaturated/α-hetero) is 1. The van der Waals surface area contributed by atoms with Gasteiger partial charge in [-0.1, -0.05) is 12.1 Å². The van der Waals surface area contributed by atoms with Crippen molar-refractivity contribution in [3.63, 3.8) is 0 Å². The van der Waals surface area contributed by atoms with Gasteiger partial charge in [-0.3, -0.25) is 19.4 Å². The largest absolute Gasteiger partial charge is 0.300 e. The van der Waals surface area contributed by atoms with E-state index in [2.05, 4.69) is 22.0 Å². The molecular weight excluding hydrogens is 352 g/mol. The number of amides is 1. The van der Waals surface area contributed by atoms with Crippen molar-refractivity contribution in [2.24, 2.45) is 0 Å². The van der Waals surface area contributed by atoms with Gasteiger partial charge in [-0.05, 0) is 47.2 Å². The molecule has 1 aromatic carbocycles. The van der Waals surface area contributed by atoms with E-state index in [9.17, 15) is 9.59 Å². The van der Waals surface area contributed by atoms with Crippen molar-refractivity contribution in [3.05, 3.63) is 50.6 Å². The molecule has 0 fully saturated rings. The summed E-state index contributed by atoms with van der Waals surface area (Å²) >= 11 is 5.11. The first kappa shape index (κ1) is 14.4. The van der Waals surface area contributed by atoms with Crippen molar-refractivity contribution in [2.75, 3.05) is 18.6 Å². The van der Waals surface area contributed by atoms with Crippen molar-refractivity contribution < 1.29 is 9.59 Å². The molecule has 2 aromatic rings. The summed E-state index contributed by atoms with van der Waals surface area (Å²) in [6.07, 6.45) is 0. The van der Waals surface area contributed by atoms with E-state index >= 15 is 0 Å². The molecule has 0 saturated carbocycles. The van der Waals surface area contributed by atoms with E-state index in [0.29, 0.717) is 17.9 Å². The Kier molecular flexibility index (Phi) is 3.93. The van der Waals surface area contributed by atoms with Crippen LogP contribution in [0.4, 0.5) is 5.69 Å². The Morgan fingerprint density at radius 1 is 1.19 bits per heavy atom. The fourth-order valence-electron chi connectivity index (χ4n) is 2.38. The van der Waals surface area contributed by atoms with E-state index < -0.39 is 11.7 Å². The Bertz CT molecular complexity index is 713. The summed E-state index contributed by atoms with van der Waals surface area (Å²) in [6.45, 7) is 1.13. The number of hydrogen-bond donors (Lipinski definition) is 0. The average Bonchev–Trinajstić information content (AvgIpc) is 2.97. The third kappa shape index (κ3) is 2.79. The number of carbonyl (C=O) groups excluding carboxylic acids is 2. The Hall–Kier alpha value is -1.50. The first-order valence-corrected chi connectivity index (χ1v) is 8.05. The van der Waals surface area contributed by atoms with Crippen molar-refractivity contribution in [1.29, 1.82) is 0 Å². The van der Waals surface area contributed by atoms with Gasteiger partial charge >= 0.3 is 5.91 Å². The predicted octanol–water partition coefficient (Wildman–Crippen LogP) is 3.13. The van der Waals surface area contributed by atoms with Gasteiger partial charge in [0.1, 0.15) is 0 Å². The minimum absolute atomic E-state index is 0.400. The third-order valence-corrected chi connectivity index (χ3v) is 4.92. The van der Waals surface area contributed by atoms with Crippen LogP contribution in [0.5, 0.6) is 0 Å². The SMILES string of the molecule is CN(Cc1ccc(Br)s1)CN1C(=O)C(=O)c2ccccc21. The molecule has 1 aliphatic heterocycles. The predicted molar refractivity (Wildman–Crippen MR) is 86.6 cm³/mol. The van der Waals surface area contributed by atoms with Crippen LogP contribution in [0.2, 0.25) is 0 Å². The first-order chi connectivity index (χ1) is 10.1. The van der Waals surface area contributed by atoms with E-state index in [1.807, 2.05) is 30.1 Å². The van der Waals surface area contributed by atoms with Crippen LogP contribution >= 0.6 is 27.3 Å². The lowest BCUT2D eigenvalue weighted by Crippen LogP contribution is -2.38. The Morgan fingerprint density at radius 3 is 2.67 bits per heavy atom. The number of halogens is 1. The quantitative estimate of drug-likeness (QED) is 0.782. The highest BCUT2D eigenvalue weighted by atomic mass is 79.9. The Morgan fingerprint density at radius 2 is 1.95 bits per heavy atom. The van der Waals surface area contributed by atoms with E-state index in [1.165, 1.54) is 4.88 Å². The lowest BCUT2D eigenvalue weighted by molar-refractivity contribution is -0.114. The van der Waals surface area contributed by atoms with Gasteiger partial charge in [0.25, 0.3) is 5.78 Å². The smallest absolute Gasteiger partial charge is 0.291 e. The molecule has 0 unspecified atom stereocenters. The zero-order valence-corrected chi connectivity index (χ0v) is 13.8. The number of nitrogens with zero attached hydrogens (tertiary/aromatic N) is 2. The third-order valence-electron chi connectivity index (χ3n) is 3.32. The van der Waals surface area contributed by atoms with Crippen LogP contribution in [-0.4, -0.2) is 30.3 Å². The molecule has 4 nitrogen and oxygen atoms in total. The molecular formula is C15H13BrN2O2S. The molecule has 108 valence electrons. The number of ketones is 1. The van der Waals surface area contributed by atoms with Crippen LogP contribution in [0, 0.1) is 0 Å². The van der Waals surface area contributed by atoms with Crippen molar-refractivity contribution >= 4 is 44.6 Å². The van der Waals surface area contributed by atoms with Crippen molar-refractivity contribution in [3.8, 4) is 0 Å². The van der Waals surface area contributed by atoms with Gasteiger partial charge in [0.2, 0.25) is 0 Å². The summed E-state index contributed by atoms with van der Waals surface area (Å²) in [5.41, 5.74) is 1.20. The molecule has 2 heterocycles. The first-order valence-electron chi connectivity index (χ1n) is 6.44. The molecule has 1 aromatic heterocycles. The number of benzene rings is 1. The van der Waals surface area contributed by atoms with E-state index in [4.69, 9.17) is 0 Å². The van der Waals surface area contributed by atoms with Gasteiger partial charge in [0.15, 0.2) is 0 Å². The van der Waals surface area contributed by atoms with Gasteiger partial charge < -0.3 is 0 Å². The number of fused-ring (bicyclic) bond motifs is 1. The lowest BCUT2D eigenvalue weighted by atomic mass is 10.1. The normalized spacial score (nSPS) is 14.1. The molecule has 3 rings (SSSR count). The molecule has 0 spiro atoms. The average molecular weight is 365 g/mol. The maximum Gasteiger partial charge on any atom is 0.300 e. The second-order valence-electron chi connectivity index (χ2n) is 4.94. The van der Waals surface area contributed by atoms with E-state index in [1.54, 1.807) is 28.4 Å². The zero-order chi connectivity index (χ0) is 15.0. The molecule has 0 saturated heterocycles. The Labute approximate surface area is 135 Å². The second kappa shape index (κ2) is 5.71. The van der Waals surface area contributed by atoms with Gasteiger partial charge in [-0.15, -0.1) is 11.3 Å². The van der Waals surface area contributed by atoms with Gasteiger partial charge in [-0.2, -0.15) is 0 Å². The van der Waals surface area contributed by atoms with Crippen LogP contribution in [0.15, 0.2) is 40.2 Å². The summed E-state index contributed by atoms with van der Waals surface area (Å²) in [4.78, 5) is 28.8. The highest BCUT2D eigenvalue weighted by Crippen LogP contribution is 2.29. The summed E-state index contributed by atoms with van der Waals surface area (Å²) < 4.78 is 1.09. The van der Waals surface area contributed by atoms with E-state index in [-0.39, 0.29) is 0 Å². The maximum absolute atomic E-state index is 12.1. The number of hydrogen-bond acceptors (Lipinski definition) is 4. The van der Waals surface area contributed by atoms with Crippen LogP contribution in [0.3, 0.4) is 0 Å². The fraction of sp³-hybridized carbons (Fsp3) is 0.200. The molecule has 1 aliphatic rings. The van der Waals surface area contributed by atoms with Crippen LogP contribution in [-0.2, 0) is 11.3 Å². The molecule has 0 atom stereocenters. The highest BCUT2D eigenvalue weighted by Gasteiger charge is 2.35. The highest BCUT2D eigenvalue weighted by molar-refractivity contribution is 9.11. The van der Waals surface area contributed by atoms with Gasteiger partial charge in [-0.25, -0.2) is 0 Å². The molecule has 0 N–H and O–H groups in total. The summed E-state index contributed by atoms with van der Waals surface area (Å²) in [5.74, 6) is -0.867. The number of rotatable bonds is 4. The molecule has 0 bridgehead atoms. The molecule has 1 amide bonds. The standard InChI is InChI=1S/C15H13BrN2O2S/c1-17(8-10-6-7-13(16)21-10)9-18-12-5-3-2-4-11(12)14(19)15(18)20/h2-7H,8-9H2,1H3. The minimum Gasteiger partial charge on any atom is -0.291 e. The van der Waals surface area contributed by atoms with E-state index in [0.717, 1.165) is 10.3 Å². The number of para-hydroxylation sites is 1. The van der Waals surface area contributed by atoms with Crippen molar-refractivity contribution in [1.82, 2.24) is 4.90 Å². The minimum atomic E-state index is -0.449. The summed E-state index contributed by atoms with van der Waals surface area (Å²) in [6, 6.07) is 11.2. The number of anilines is 1. The maximum atomic E-state index is 12.1.